The van der Waals surface area contributed by atoms with Crippen LogP contribution in [0.5, 0.6) is 5.75 Å². The van der Waals surface area contributed by atoms with E-state index in [-0.39, 0.29) is 0 Å². The predicted molar refractivity (Wildman–Crippen MR) is 109 cm³/mol. The van der Waals surface area contributed by atoms with Gasteiger partial charge >= 0.3 is 0 Å². The molecule has 0 fully saturated rings. The van der Waals surface area contributed by atoms with Gasteiger partial charge in [0.05, 0.1) is 7.11 Å². The van der Waals surface area contributed by atoms with Gasteiger partial charge in [0.25, 0.3) is 0 Å². The summed E-state index contributed by atoms with van der Waals surface area (Å²) in [7, 11) is 1.63. The molecule has 0 spiro atoms. The first-order valence-electron chi connectivity index (χ1n) is 9.20. The van der Waals surface area contributed by atoms with Crippen LogP contribution in [0.15, 0.2) is 97.3 Å². The van der Waals surface area contributed by atoms with Crippen LogP contribution in [0, 0.1) is 0 Å². The van der Waals surface area contributed by atoms with Crippen molar-refractivity contribution in [3.8, 4) is 5.75 Å². The van der Waals surface area contributed by atoms with Gasteiger partial charge < -0.3 is 14.4 Å². The van der Waals surface area contributed by atoms with Gasteiger partial charge in [0.2, 0.25) is 0 Å². The van der Waals surface area contributed by atoms with E-state index in [0.29, 0.717) is 12.4 Å². The zero-order valence-corrected chi connectivity index (χ0v) is 15.7. The molecule has 4 nitrogen and oxygen atoms in total. The Labute approximate surface area is 164 Å². The number of hydrogen-bond acceptors (Lipinski definition) is 3. The third-order valence-corrected chi connectivity index (χ3v) is 4.93. The fourth-order valence-electron chi connectivity index (χ4n) is 3.47. The van der Waals surface area contributed by atoms with Crippen molar-refractivity contribution in [3.63, 3.8) is 0 Å². The highest BCUT2D eigenvalue weighted by atomic mass is 16.5. The average Bonchev–Trinajstić information content (AvgIpc) is 3.23. The summed E-state index contributed by atoms with van der Waals surface area (Å²) < 4.78 is 7.27. The van der Waals surface area contributed by atoms with E-state index in [1.807, 2.05) is 83.6 Å². The van der Waals surface area contributed by atoms with Crippen LogP contribution in [0.4, 0.5) is 0 Å². The number of aliphatic hydroxyl groups is 1. The average molecular weight is 370 g/mol. The highest BCUT2D eigenvalue weighted by Crippen LogP contribution is 2.36. The zero-order valence-electron chi connectivity index (χ0n) is 15.7. The van der Waals surface area contributed by atoms with E-state index in [2.05, 4.69) is 17.1 Å². The number of ether oxygens (including phenoxy) is 1. The minimum absolute atomic E-state index is 0.577. The van der Waals surface area contributed by atoms with E-state index < -0.39 is 5.60 Å². The van der Waals surface area contributed by atoms with E-state index >= 15 is 0 Å². The van der Waals surface area contributed by atoms with Crippen molar-refractivity contribution in [2.45, 2.75) is 12.1 Å². The molecule has 28 heavy (non-hydrogen) atoms. The van der Waals surface area contributed by atoms with Gasteiger partial charge in [-0.25, -0.2) is 4.98 Å². The molecule has 0 amide bonds. The maximum atomic E-state index is 12.0. The molecule has 1 heterocycles. The minimum atomic E-state index is -1.38. The second-order valence-electron chi connectivity index (χ2n) is 6.67. The number of rotatable bonds is 6. The Morgan fingerprint density at radius 2 is 1.46 bits per heavy atom. The highest BCUT2D eigenvalue weighted by Gasteiger charge is 2.38. The lowest BCUT2D eigenvalue weighted by Crippen LogP contribution is -2.32. The van der Waals surface area contributed by atoms with Gasteiger partial charge in [-0.1, -0.05) is 72.8 Å². The van der Waals surface area contributed by atoms with E-state index in [9.17, 15) is 5.11 Å². The summed E-state index contributed by atoms with van der Waals surface area (Å²) in [5.74, 6) is 1.32. The smallest absolute Gasteiger partial charge is 0.173 e. The van der Waals surface area contributed by atoms with Crippen LogP contribution in [-0.4, -0.2) is 21.8 Å². The van der Waals surface area contributed by atoms with E-state index in [1.165, 1.54) is 0 Å². The number of methoxy groups -OCH3 is 1. The monoisotopic (exact) mass is 370 g/mol. The Hall–Kier alpha value is -3.37. The molecule has 0 aliphatic carbocycles. The van der Waals surface area contributed by atoms with Crippen LogP contribution in [0.25, 0.3) is 0 Å². The summed E-state index contributed by atoms with van der Waals surface area (Å²) in [5.41, 5.74) is 1.26. The number of hydrogen-bond donors (Lipinski definition) is 1. The lowest BCUT2D eigenvalue weighted by atomic mass is 9.85. The van der Waals surface area contributed by atoms with Crippen molar-refractivity contribution in [3.05, 3.63) is 120 Å². The predicted octanol–water partition coefficient (Wildman–Crippen LogP) is 4.22. The van der Waals surface area contributed by atoms with Crippen molar-refractivity contribution >= 4 is 0 Å². The van der Waals surface area contributed by atoms with E-state index in [0.717, 1.165) is 22.4 Å². The molecule has 1 aromatic heterocycles. The van der Waals surface area contributed by atoms with Gasteiger partial charge in [-0.2, -0.15) is 0 Å². The van der Waals surface area contributed by atoms with Gasteiger partial charge in [-0.3, -0.25) is 0 Å². The molecule has 0 saturated carbocycles. The molecule has 4 rings (SSSR count). The van der Waals surface area contributed by atoms with Crippen LogP contribution >= 0.6 is 0 Å². The van der Waals surface area contributed by atoms with E-state index in [1.54, 1.807) is 13.3 Å². The lowest BCUT2D eigenvalue weighted by Gasteiger charge is -2.29. The molecule has 1 N–H and O–H groups in total. The van der Waals surface area contributed by atoms with Gasteiger partial charge in [-0.05, 0) is 28.8 Å². The molecule has 1 atom stereocenters. The largest absolute Gasteiger partial charge is 0.497 e. The maximum Gasteiger partial charge on any atom is 0.173 e. The Kier molecular flexibility index (Phi) is 4.96. The first-order chi connectivity index (χ1) is 13.7. The Balaban J connectivity index is 1.84. The van der Waals surface area contributed by atoms with Crippen LogP contribution < -0.4 is 4.74 Å². The Bertz CT molecular complexity index is 1030. The molecular weight excluding hydrogens is 348 g/mol. The molecule has 4 heteroatoms. The van der Waals surface area contributed by atoms with Gasteiger partial charge in [0.15, 0.2) is 11.4 Å². The Morgan fingerprint density at radius 1 is 0.857 bits per heavy atom. The van der Waals surface area contributed by atoms with Gasteiger partial charge in [-0.15, -0.1) is 0 Å². The third-order valence-electron chi connectivity index (χ3n) is 4.93. The molecular formula is C24H22N2O2. The van der Waals surface area contributed by atoms with Crippen molar-refractivity contribution in [2.24, 2.45) is 0 Å². The number of nitrogens with zero attached hydrogens (tertiary/aromatic N) is 2. The minimum Gasteiger partial charge on any atom is -0.497 e. The first-order valence-corrected chi connectivity index (χ1v) is 9.20. The highest BCUT2D eigenvalue weighted by molar-refractivity contribution is 5.44. The van der Waals surface area contributed by atoms with Crippen LogP contribution in [0.3, 0.4) is 0 Å². The second kappa shape index (κ2) is 7.71. The van der Waals surface area contributed by atoms with Crippen molar-refractivity contribution in [2.75, 3.05) is 7.11 Å². The molecule has 0 radical (unpaired) electrons. The summed E-state index contributed by atoms with van der Waals surface area (Å²) in [5, 5.41) is 12.0. The fraction of sp³-hybridized carbons (Fsp3) is 0.125. The summed E-state index contributed by atoms with van der Waals surface area (Å²) in [6, 6.07) is 27.3. The number of benzene rings is 3. The molecule has 0 aliphatic rings. The van der Waals surface area contributed by atoms with Crippen LogP contribution in [-0.2, 0) is 12.1 Å². The van der Waals surface area contributed by atoms with Gasteiger partial charge in [0.1, 0.15) is 5.75 Å². The summed E-state index contributed by atoms with van der Waals surface area (Å²) in [6.07, 6.45) is 3.63. The number of aromatic nitrogens is 2. The van der Waals surface area contributed by atoms with Crippen molar-refractivity contribution < 1.29 is 9.84 Å². The number of imidazole rings is 1. The fourth-order valence-corrected chi connectivity index (χ4v) is 3.47. The zero-order chi connectivity index (χ0) is 19.4. The third kappa shape index (κ3) is 3.30. The quantitative estimate of drug-likeness (QED) is 0.553. The van der Waals surface area contributed by atoms with Crippen molar-refractivity contribution in [1.29, 1.82) is 0 Å². The molecule has 0 saturated heterocycles. The maximum absolute atomic E-state index is 12.0. The van der Waals surface area contributed by atoms with Gasteiger partial charge in [0, 0.05) is 18.9 Å². The molecule has 3 aromatic carbocycles. The second-order valence-corrected chi connectivity index (χ2v) is 6.67. The SMILES string of the molecule is COc1ccc(C(O)(c2ccccc2)c2nccn2Cc2ccccc2)cc1. The summed E-state index contributed by atoms with van der Waals surface area (Å²) >= 11 is 0. The van der Waals surface area contributed by atoms with Crippen LogP contribution in [0.1, 0.15) is 22.5 Å². The Morgan fingerprint density at radius 3 is 2.11 bits per heavy atom. The van der Waals surface area contributed by atoms with Crippen LogP contribution in [0.2, 0.25) is 0 Å². The molecule has 4 aromatic rings. The molecule has 0 aliphatic heterocycles. The van der Waals surface area contributed by atoms with Crippen molar-refractivity contribution in [1.82, 2.24) is 9.55 Å². The summed E-state index contributed by atoms with van der Waals surface area (Å²) in [6.45, 7) is 0.626. The molecule has 1 unspecified atom stereocenters. The first kappa shape index (κ1) is 18.0. The standard InChI is InChI=1S/C24H22N2O2/c1-28-22-14-12-21(13-15-22)24(27,20-10-6-3-7-11-20)23-25-16-17-26(23)18-19-8-4-2-5-9-19/h2-17,27H,18H2,1H3. The normalized spacial score (nSPS) is 13.1. The van der Waals surface area contributed by atoms with E-state index in [4.69, 9.17) is 4.74 Å². The lowest BCUT2D eigenvalue weighted by molar-refractivity contribution is 0.111. The summed E-state index contributed by atoms with van der Waals surface area (Å²) in [4.78, 5) is 4.56. The molecule has 140 valence electrons. The molecule has 0 bridgehead atoms. The topological polar surface area (TPSA) is 47.3 Å².